The molecule has 1 N–H and O–H groups in total. The van der Waals surface area contributed by atoms with E-state index in [1.807, 2.05) is 6.92 Å². The molecule has 1 rings (SSSR count). The molecule has 1 atom stereocenters. The number of hydrogen-bond acceptors (Lipinski definition) is 5. The first-order chi connectivity index (χ1) is 9.83. The highest BCUT2D eigenvalue weighted by Gasteiger charge is 2.21. The van der Waals surface area contributed by atoms with E-state index >= 15 is 0 Å². The lowest BCUT2D eigenvalue weighted by Crippen LogP contribution is -2.42. The summed E-state index contributed by atoms with van der Waals surface area (Å²) in [6, 6.07) is 4.36. The van der Waals surface area contributed by atoms with Gasteiger partial charge in [0.15, 0.2) is 0 Å². The number of carbonyl (C=O) groups is 3. The van der Waals surface area contributed by atoms with E-state index in [2.05, 4.69) is 10.1 Å². The van der Waals surface area contributed by atoms with E-state index in [0.717, 1.165) is 11.1 Å². The third-order valence-electron chi connectivity index (χ3n) is 2.86. The maximum atomic E-state index is 11.7. The van der Waals surface area contributed by atoms with E-state index < -0.39 is 18.0 Å². The highest BCUT2D eigenvalue weighted by molar-refractivity contribution is 5.83. The number of carbonyl (C=O) groups excluding carboxylic acids is 3. The molecule has 0 unspecified atom stereocenters. The zero-order valence-electron chi connectivity index (χ0n) is 12.6. The van der Waals surface area contributed by atoms with Gasteiger partial charge in [-0.2, -0.15) is 0 Å². The summed E-state index contributed by atoms with van der Waals surface area (Å²) in [6.45, 7) is 4.50. The quantitative estimate of drug-likeness (QED) is 0.650. The molecule has 21 heavy (non-hydrogen) atoms. The van der Waals surface area contributed by atoms with E-state index in [-0.39, 0.29) is 5.91 Å². The van der Waals surface area contributed by atoms with Crippen molar-refractivity contribution in [2.75, 3.05) is 7.11 Å². The Morgan fingerprint density at radius 1 is 1.24 bits per heavy atom. The van der Waals surface area contributed by atoms with Gasteiger partial charge >= 0.3 is 11.9 Å². The third-order valence-corrected chi connectivity index (χ3v) is 2.86. The predicted molar refractivity (Wildman–Crippen MR) is 75.8 cm³/mol. The van der Waals surface area contributed by atoms with Gasteiger partial charge in [0.2, 0.25) is 5.91 Å². The van der Waals surface area contributed by atoms with Gasteiger partial charge in [-0.05, 0) is 30.2 Å². The van der Waals surface area contributed by atoms with Gasteiger partial charge in [-0.1, -0.05) is 6.07 Å². The maximum Gasteiger partial charge on any atom is 0.328 e. The Labute approximate surface area is 123 Å². The van der Waals surface area contributed by atoms with Crippen molar-refractivity contribution < 1.29 is 23.9 Å². The number of methoxy groups -OCH3 is 1. The van der Waals surface area contributed by atoms with Crippen molar-refractivity contribution in [1.29, 1.82) is 0 Å². The van der Waals surface area contributed by atoms with Gasteiger partial charge in [-0.3, -0.25) is 9.59 Å². The summed E-state index contributed by atoms with van der Waals surface area (Å²) in [5.41, 5.74) is 1.71. The molecular weight excluding hydrogens is 274 g/mol. The topological polar surface area (TPSA) is 81.7 Å². The number of nitrogens with one attached hydrogen (secondary N) is 1. The number of hydrogen-bond donors (Lipinski definition) is 1. The second-order valence-corrected chi connectivity index (χ2v) is 4.66. The summed E-state index contributed by atoms with van der Waals surface area (Å²) in [6.07, 6.45) is 0.304. The number of esters is 2. The summed E-state index contributed by atoms with van der Waals surface area (Å²) in [7, 11) is 1.27. The van der Waals surface area contributed by atoms with Crippen molar-refractivity contribution >= 4 is 17.8 Å². The summed E-state index contributed by atoms with van der Waals surface area (Å²) >= 11 is 0. The molecule has 0 aliphatic heterocycles. The maximum absolute atomic E-state index is 11.7. The van der Waals surface area contributed by atoms with Crippen LogP contribution in [0.4, 0.5) is 0 Å². The first-order valence-corrected chi connectivity index (χ1v) is 6.46. The molecule has 0 aliphatic rings. The highest BCUT2D eigenvalue weighted by Crippen LogP contribution is 2.19. The molecule has 0 bridgehead atoms. The van der Waals surface area contributed by atoms with Crippen LogP contribution >= 0.6 is 0 Å². The normalized spacial score (nSPS) is 11.4. The van der Waals surface area contributed by atoms with E-state index in [9.17, 15) is 14.4 Å². The molecule has 0 aliphatic carbocycles. The average molecular weight is 293 g/mol. The lowest BCUT2D eigenvalue weighted by atomic mass is 10.0. The van der Waals surface area contributed by atoms with Gasteiger partial charge in [-0.15, -0.1) is 0 Å². The Morgan fingerprint density at radius 2 is 1.90 bits per heavy atom. The Balaban J connectivity index is 2.90. The minimum atomic E-state index is -0.745. The molecule has 0 heterocycles. The minimum absolute atomic E-state index is 0.304. The zero-order chi connectivity index (χ0) is 16.0. The molecule has 1 aromatic carbocycles. The fraction of sp³-hybridized carbons (Fsp3) is 0.400. The van der Waals surface area contributed by atoms with Crippen LogP contribution in [0.3, 0.4) is 0 Å². The van der Waals surface area contributed by atoms with Crippen molar-refractivity contribution in [2.24, 2.45) is 0 Å². The summed E-state index contributed by atoms with van der Waals surface area (Å²) < 4.78 is 9.67. The Kier molecular flexibility index (Phi) is 5.90. The van der Waals surface area contributed by atoms with Crippen LogP contribution < -0.4 is 10.1 Å². The molecule has 0 fully saturated rings. The molecule has 6 nitrogen and oxygen atoms in total. The molecule has 0 spiro atoms. The van der Waals surface area contributed by atoms with Crippen molar-refractivity contribution in [2.45, 2.75) is 33.2 Å². The van der Waals surface area contributed by atoms with Crippen LogP contribution in [0.15, 0.2) is 18.2 Å². The highest BCUT2D eigenvalue weighted by atomic mass is 16.5. The van der Waals surface area contributed by atoms with Crippen LogP contribution in [0.2, 0.25) is 0 Å². The number of benzene rings is 1. The molecule has 1 amide bonds. The second-order valence-electron chi connectivity index (χ2n) is 4.66. The van der Waals surface area contributed by atoms with Crippen molar-refractivity contribution in [3.8, 4) is 5.75 Å². The Bertz CT molecular complexity index is 553. The standard InChI is InChI=1S/C15H19NO5/c1-9-7-13(21-11(3)18)6-5-12(9)8-14(15(19)20-4)16-10(2)17/h5-7,14H,8H2,1-4H3,(H,16,17)/t14-/m0/s1. The minimum Gasteiger partial charge on any atom is -0.467 e. The van der Waals surface area contributed by atoms with Gasteiger partial charge in [-0.25, -0.2) is 4.79 Å². The van der Waals surface area contributed by atoms with Gasteiger partial charge in [0.25, 0.3) is 0 Å². The molecular formula is C15H19NO5. The molecule has 0 aromatic heterocycles. The summed E-state index contributed by atoms with van der Waals surface area (Å²) in [4.78, 5) is 33.7. The molecule has 6 heteroatoms. The number of ether oxygens (including phenoxy) is 2. The lowest BCUT2D eigenvalue weighted by Gasteiger charge is -2.17. The molecule has 0 saturated carbocycles. The van der Waals surface area contributed by atoms with Crippen molar-refractivity contribution in [1.82, 2.24) is 5.32 Å². The fourth-order valence-electron chi connectivity index (χ4n) is 1.93. The van der Waals surface area contributed by atoms with Crippen LogP contribution in [-0.2, 0) is 25.5 Å². The first kappa shape index (κ1) is 16.7. The molecule has 1 aromatic rings. The third kappa shape index (κ3) is 5.25. The average Bonchev–Trinajstić information content (AvgIpc) is 2.38. The van der Waals surface area contributed by atoms with E-state index in [1.54, 1.807) is 18.2 Å². The lowest BCUT2D eigenvalue weighted by molar-refractivity contribution is -0.144. The van der Waals surface area contributed by atoms with Crippen molar-refractivity contribution in [3.05, 3.63) is 29.3 Å². The Hall–Kier alpha value is -2.37. The Morgan fingerprint density at radius 3 is 2.38 bits per heavy atom. The number of aryl methyl sites for hydroxylation is 1. The molecule has 0 radical (unpaired) electrons. The van der Waals surface area contributed by atoms with Crippen LogP contribution in [0.1, 0.15) is 25.0 Å². The SMILES string of the molecule is COC(=O)[C@H](Cc1ccc(OC(C)=O)cc1C)NC(C)=O. The smallest absolute Gasteiger partial charge is 0.328 e. The molecule has 0 saturated heterocycles. The second kappa shape index (κ2) is 7.42. The summed E-state index contributed by atoms with van der Waals surface area (Å²) in [5.74, 6) is -0.765. The van der Waals surface area contributed by atoms with E-state index in [1.165, 1.54) is 21.0 Å². The predicted octanol–water partition coefficient (Wildman–Crippen LogP) is 1.14. The zero-order valence-corrected chi connectivity index (χ0v) is 12.6. The van der Waals surface area contributed by atoms with E-state index in [4.69, 9.17) is 4.74 Å². The van der Waals surface area contributed by atoms with Gasteiger partial charge in [0.1, 0.15) is 11.8 Å². The number of rotatable bonds is 5. The fourth-order valence-corrected chi connectivity index (χ4v) is 1.93. The first-order valence-electron chi connectivity index (χ1n) is 6.46. The monoisotopic (exact) mass is 293 g/mol. The van der Waals surface area contributed by atoms with E-state index in [0.29, 0.717) is 12.2 Å². The van der Waals surface area contributed by atoms with Gasteiger partial charge < -0.3 is 14.8 Å². The number of amides is 1. The van der Waals surface area contributed by atoms with Crippen LogP contribution in [0, 0.1) is 6.92 Å². The van der Waals surface area contributed by atoms with Crippen LogP contribution in [0.25, 0.3) is 0 Å². The van der Waals surface area contributed by atoms with Crippen molar-refractivity contribution in [3.63, 3.8) is 0 Å². The summed E-state index contributed by atoms with van der Waals surface area (Å²) in [5, 5.41) is 2.55. The van der Waals surface area contributed by atoms with Crippen LogP contribution in [0.5, 0.6) is 5.75 Å². The largest absolute Gasteiger partial charge is 0.467 e. The molecule has 114 valence electrons. The van der Waals surface area contributed by atoms with Gasteiger partial charge in [0, 0.05) is 20.3 Å². The van der Waals surface area contributed by atoms with Gasteiger partial charge in [0.05, 0.1) is 7.11 Å². The van der Waals surface area contributed by atoms with Crippen LogP contribution in [-0.4, -0.2) is 31.0 Å².